The van der Waals surface area contributed by atoms with Crippen molar-refractivity contribution in [1.82, 2.24) is 4.90 Å². The molecule has 0 aromatic rings. The molecule has 0 aliphatic carbocycles. The van der Waals surface area contributed by atoms with Crippen LogP contribution in [0.25, 0.3) is 0 Å². The van der Waals surface area contributed by atoms with Gasteiger partial charge in [0.25, 0.3) is 0 Å². The topological polar surface area (TPSA) is 53.1 Å². The van der Waals surface area contributed by atoms with Gasteiger partial charge in [0.05, 0.1) is 5.84 Å². The second-order valence-corrected chi connectivity index (χ2v) is 4.01. The maximum atomic E-state index is 7.09. The van der Waals surface area contributed by atoms with E-state index >= 15 is 0 Å². The van der Waals surface area contributed by atoms with Gasteiger partial charge in [0.15, 0.2) is 0 Å². The normalized spacial score (nSPS) is 23.6. The summed E-state index contributed by atoms with van der Waals surface area (Å²) in [6.45, 7) is 4.76. The fourth-order valence-electron chi connectivity index (χ4n) is 1.96. The molecule has 76 valence electrons. The summed E-state index contributed by atoms with van der Waals surface area (Å²) in [5.41, 5.74) is 5.28. The lowest BCUT2D eigenvalue weighted by molar-refractivity contribution is 0.264. The van der Waals surface area contributed by atoms with Gasteiger partial charge >= 0.3 is 0 Å². The van der Waals surface area contributed by atoms with Gasteiger partial charge in [0.1, 0.15) is 0 Å². The third-order valence-electron chi connectivity index (χ3n) is 2.83. The van der Waals surface area contributed by atoms with Crippen LogP contribution in [0.15, 0.2) is 0 Å². The molecule has 0 radical (unpaired) electrons. The second-order valence-electron chi connectivity index (χ2n) is 4.01. The van der Waals surface area contributed by atoms with Crippen LogP contribution >= 0.6 is 0 Å². The van der Waals surface area contributed by atoms with Gasteiger partial charge in [-0.25, -0.2) is 0 Å². The Kier molecular flexibility index (Phi) is 4.22. The van der Waals surface area contributed by atoms with Gasteiger partial charge < -0.3 is 10.6 Å². The van der Waals surface area contributed by atoms with E-state index in [2.05, 4.69) is 11.8 Å². The first-order valence-corrected chi connectivity index (χ1v) is 5.27. The van der Waals surface area contributed by atoms with Crippen molar-refractivity contribution in [3.63, 3.8) is 0 Å². The molecule has 1 aliphatic rings. The summed E-state index contributed by atoms with van der Waals surface area (Å²) >= 11 is 0. The SMILES string of the molecule is CC1CCCN1CCCCC(=N)N. The van der Waals surface area contributed by atoms with Crippen LogP contribution in [0, 0.1) is 5.41 Å². The summed E-state index contributed by atoms with van der Waals surface area (Å²) < 4.78 is 0. The monoisotopic (exact) mass is 183 g/mol. The Hall–Kier alpha value is -0.570. The third-order valence-corrected chi connectivity index (χ3v) is 2.83. The van der Waals surface area contributed by atoms with Crippen LogP contribution in [-0.4, -0.2) is 29.9 Å². The first-order chi connectivity index (χ1) is 6.20. The van der Waals surface area contributed by atoms with E-state index in [1.807, 2.05) is 0 Å². The second kappa shape index (κ2) is 5.22. The van der Waals surface area contributed by atoms with Crippen molar-refractivity contribution in [1.29, 1.82) is 5.41 Å². The van der Waals surface area contributed by atoms with Gasteiger partial charge in [0, 0.05) is 12.5 Å². The molecule has 0 amide bonds. The highest BCUT2D eigenvalue weighted by molar-refractivity contribution is 5.76. The molecule has 13 heavy (non-hydrogen) atoms. The molecule has 1 unspecified atom stereocenters. The first-order valence-electron chi connectivity index (χ1n) is 5.27. The number of amidine groups is 1. The van der Waals surface area contributed by atoms with Crippen molar-refractivity contribution in [2.45, 2.75) is 45.1 Å². The Morgan fingerprint density at radius 1 is 1.54 bits per heavy atom. The maximum absolute atomic E-state index is 7.09. The van der Waals surface area contributed by atoms with E-state index in [0.29, 0.717) is 5.84 Å². The third kappa shape index (κ3) is 3.77. The minimum absolute atomic E-state index is 0.328. The Labute approximate surface area is 80.8 Å². The van der Waals surface area contributed by atoms with Crippen molar-refractivity contribution >= 4 is 5.84 Å². The number of rotatable bonds is 5. The lowest BCUT2D eigenvalue weighted by Crippen LogP contribution is -2.27. The van der Waals surface area contributed by atoms with E-state index in [-0.39, 0.29) is 0 Å². The molecule has 1 rings (SSSR count). The molecular weight excluding hydrogens is 162 g/mol. The van der Waals surface area contributed by atoms with Crippen molar-refractivity contribution in [2.75, 3.05) is 13.1 Å². The average Bonchev–Trinajstić information content (AvgIpc) is 2.45. The highest BCUT2D eigenvalue weighted by atomic mass is 15.2. The molecule has 1 atom stereocenters. The molecule has 0 aromatic heterocycles. The molecule has 0 bridgehead atoms. The van der Waals surface area contributed by atoms with E-state index < -0.39 is 0 Å². The summed E-state index contributed by atoms with van der Waals surface area (Å²) in [6, 6.07) is 0.775. The Morgan fingerprint density at radius 2 is 2.31 bits per heavy atom. The van der Waals surface area contributed by atoms with Gasteiger partial charge in [-0.15, -0.1) is 0 Å². The van der Waals surface area contributed by atoms with E-state index in [4.69, 9.17) is 11.1 Å². The van der Waals surface area contributed by atoms with Crippen molar-refractivity contribution in [3.8, 4) is 0 Å². The lowest BCUT2D eigenvalue weighted by atomic mass is 10.2. The highest BCUT2D eigenvalue weighted by Gasteiger charge is 2.18. The number of nitrogens with zero attached hydrogens (tertiary/aromatic N) is 1. The molecular formula is C10H21N3. The van der Waals surface area contributed by atoms with Crippen LogP contribution in [0.1, 0.15) is 39.0 Å². The van der Waals surface area contributed by atoms with Crippen LogP contribution < -0.4 is 5.73 Å². The summed E-state index contributed by atoms with van der Waals surface area (Å²) in [5, 5.41) is 7.09. The number of likely N-dealkylation sites (tertiary alicyclic amines) is 1. The minimum atomic E-state index is 0.328. The number of hydrogen-bond acceptors (Lipinski definition) is 2. The zero-order valence-corrected chi connectivity index (χ0v) is 8.55. The molecule has 0 aromatic carbocycles. The molecule has 1 saturated heterocycles. The minimum Gasteiger partial charge on any atom is -0.388 e. The summed E-state index contributed by atoms with van der Waals surface area (Å²) in [6.07, 6.45) is 5.73. The Balaban J connectivity index is 2.02. The first kappa shape index (κ1) is 10.5. The van der Waals surface area contributed by atoms with Crippen LogP contribution in [0.2, 0.25) is 0 Å². The van der Waals surface area contributed by atoms with Crippen LogP contribution in [-0.2, 0) is 0 Å². The standard InChI is InChI=1S/C10H21N3/c1-9-5-4-8-13(9)7-3-2-6-10(11)12/h9H,2-8H2,1H3,(H3,11,12). The predicted octanol–water partition coefficient (Wildman–Crippen LogP) is 1.58. The molecule has 1 aliphatic heterocycles. The summed E-state index contributed by atoms with van der Waals surface area (Å²) in [7, 11) is 0. The molecule has 3 nitrogen and oxygen atoms in total. The van der Waals surface area contributed by atoms with Crippen LogP contribution in [0.5, 0.6) is 0 Å². The number of hydrogen-bond donors (Lipinski definition) is 2. The fourth-order valence-corrected chi connectivity index (χ4v) is 1.96. The van der Waals surface area contributed by atoms with Crippen molar-refractivity contribution < 1.29 is 0 Å². The quantitative estimate of drug-likeness (QED) is 0.386. The fraction of sp³-hybridized carbons (Fsp3) is 0.900. The molecule has 3 N–H and O–H groups in total. The molecule has 0 spiro atoms. The zero-order valence-electron chi connectivity index (χ0n) is 8.55. The number of unbranched alkanes of at least 4 members (excludes halogenated alkanes) is 1. The smallest absolute Gasteiger partial charge is 0.0905 e. The van der Waals surface area contributed by atoms with Crippen LogP contribution in [0.3, 0.4) is 0 Å². The van der Waals surface area contributed by atoms with Crippen molar-refractivity contribution in [2.24, 2.45) is 5.73 Å². The molecule has 1 heterocycles. The van der Waals surface area contributed by atoms with E-state index in [9.17, 15) is 0 Å². The van der Waals surface area contributed by atoms with Gasteiger partial charge in [0.2, 0.25) is 0 Å². The summed E-state index contributed by atoms with van der Waals surface area (Å²) in [5.74, 6) is 0.328. The lowest BCUT2D eigenvalue weighted by Gasteiger charge is -2.20. The van der Waals surface area contributed by atoms with Gasteiger partial charge in [-0.05, 0) is 45.7 Å². The van der Waals surface area contributed by atoms with Gasteiger partial charge in [-0.2, -0.15) is 0 Å². The summed E-state index contributed by atoms with van der Waals surface area (Å²) in [4.78, 5) is 2.54. The predicted molar refractivity (Wildman–Crippen MR) is 56.0 cm³/mol. The Morgan fingerprint density at radius 3 is 2.85 bits per heavy atom. The van der Waals surface area contributed by atoms with Gasteiger partial charge in [-0.3, -0.25) is 5.41 Å². The maximum Gasteiger partial charge on any atom is 0.0905 e. The average molecular weight is 183 g/mol. The van der Waals surface area contributed by atoms with Crippen LogP contribution in [0.4, 0.5) is 0 Å². The molecule has 1 fully saturated rings. The number of nitrogens with one attached hydrogen (secondary N) is 1. The van der Waals surface area contributed by atoms with Crippen molar-refractivity contribution in [3.05, 3.63) is 0 Å². The number of nitrogens with two attached hydrogens (primary N) is 1. The zero-order chi connectivity index (χ0) is 9.68. The van der Waals surface area contributed by atoms with E-state index in [1.165, 1.54) is 32.4 Å². The Bertz CT molecular complexity index is 168. The largest absolute Gasteiger partial charge is 0.388 e. The molecule has 0 saturated carbocycles. The van der Waals surface area contributed by atoms with E-state index in [0.717, 1.165) is 18.9 Å². The highest BCUT2D eigenvalue weighted by Crippen LogP contribution is 2.16. The van der Waals surface area contributed by atoms with Gasteiger partial charge in [-0.1, -0.05) is 0 Å². The van der Waals surface area contributed by atoms with E-state index in [1.54, 1.807) is 0 Å². The molecule has 3 heteroatoms.